The van der Waals surface area contributed by atoms with Crippen molar-refractivity contribution in [3.8, 4) is 0 Å². The van der Waals surface area contributed by atoms with E-state index in [1.165, 1.54) is 89.0 Å². The van der Waals surface area contributed by atoms with Crippen LogP contribution in [0.3, 0.4) is 0 Å². The highest BCUT2D eigenvalue weighted by Gasteiger charge is 1.97. The molecule has 1 aliphatic carbocycles. The fourth-order valence-electron chi connectivity index (χ4n) is 2.52. The first kappa shape index (κ1) is 14.5. The average molecular weight is 234 g/mol. The van der Waals surface area contributed by atoms with E-state index in [0.29, 0.717) is 0 Å². The van der Waals surface area contributed by atoms with Crippen LogP contribution in [0.4, 0.5) is 0 Å². The molecule has 0 heterocycles. The minimum Gasteiger partial charge on any atom is -0.0999 e. The van der Waals surface area contributed by atoms with Crippen LogP contribution in [-0.4, -0.2) is 0 Å². The molecule has 0 aliphatic heterocycles. The van der Waals surface area contributed by atoms with Crippen molar-refractivity contribution in [1.29, 1.82) is 0 Å². The molecule has 17 heavy (non-hydrogen) atoms. The lowest BCUT2D eigenvalue weighted by atomic mass is 10.0. The maximum absolute atomic E-state index is 4.21. The molecule has 0 nitrogen and oxygen atoms in total. The summed E-state index contributed by atoms with van der Waals surface area (Å²) in [6, 6.07) is 0. The molecular formula is C17H30. The molecule has 0 radical (unpaired) electrons. The van der Waals surface area contributed by atoms with Gasteiger partial charge in [0, 0.05) is 0 Å². The van der Waals surface area contributed by atoms with Gasteiger partial charge in [0.25, 0.3) is 0 Å². The van der Waals surface area contributed by atoms with Crippen molar-refractivity contribution < 1.29 is 0 Å². The SMILES string of the molecule is C=C1CCCCCC/C=C/CCCCCCC1. The maximum atomic E-state index is 4.21. The van der Waals surface area contributed by atoms with Gasteiger partial charge in [-0.1, -0.05) is 56.4 Å². The Labute approximate surface area is 108 Å². The highest BCUT2D eigenvalue weighted by molar-refractivity contribution is 4.93. The van der Waals surface area contributed by atoms with Gasteiger partial charge in [-0.3, -0.25) is 0 Å². The predicted molar refractivity (Wildman–Crippen MR) is 78.3 cm³/mol. The molecule has 0 unspecified atom stereocenters. The third-order valence-corrected chi connectivity index (χ3v) is 3.72. The Balaban J connectivity index is 2.18. The first-order valence-electron chi connectivity index (χ1n) is 7.71. The molecule has 1 rings (SSSR count). The van der Waals surface area contributed by atoms with E-state index < -0.39 is 0 Å². The molecule has 0 aromatic heterocycles. The summed E-state index contributed by atoms with van der Waals surface area (Å²) in [7, 11) is 0. The molecule has 98 valence electrons. The first-order chi connectivity index (χ1) is 8.39. The van der Waals surface area contributed by atoms with Gasteiger partial charge in [0.05, 0.1) is 0 Å². The Hall–Kier alpha value is -0.520. The van der Waals surface area contributed by atoms with Gasteiger partial charge in [0.15, 0.2) is 0 Å². The highest BCUT2D eigenvalue weighted by Crippen LogP contribution is 2.17. The zero-order valence-electron chi connectivity index (χ0n) is 11.6. The second-order valence-corrected chi connectivity index (χ2v) is 5.48. The summed E-state index contributed by atoms with van der Waals surface area (Å²) in [6.45, 7) is 4.21. The third kappa shape index (κ3) is 9.21. The lowest BCUT2D eigenvalue weighted by molar-refractivity contribution is 0.595. The van der Waals surface area contributed by atoms with E-state index in [4.69, 9.17) is 0 Å². The van der Waals surface area contributed by atoms with Crippen LogP contribution < -0.4 is 0 Å². The molecule has 0 aromatic rings. The molecule has 1 aliphatic rings. The molecule has 0 bridgehead atoms. The summed E-state index contributed by atoms with van der Waals surface area (Å²) in [5.74, 6) is 0. The number of hydrogen-bond acceptors (Lipinski definition) is 0. The van der Waals surface area contributed by atoms with Crippen LogP contribution in [0.25, 0.3) is 0 Å². The lowest BCUT2D eigenvalue weighted by Gasteiger charge is -2.06. The summed E-state index contributed by atoms with van der Waals surface area (Å²) < 4.78 is 0. The normalized spacial score (nSPS) is 24.4. The number of rotatable bonds is 0. The fourth-order valence-corrected chi connectivity index (χ4v) is 2.52. The Morgan fingerprint density at radius 1 is 0.588 bits per heavy atom. The summed E-state index contributed by atoms with van der Waals surface area (Å²) in [5.41, 5.74) is 1.50. The second-order valence-electron chi connectivity index (χ2n) is 5.48. The molecule has 0 saturated heterocycles. The van der Waals surface area contributed by atoms with E-state index >= 15 is 0 Å². The van der Waals surface area contributed by atoms with Gasteiger partial charge in [-0.05, 0) is 51.4 Å². The Bertz CT molecular complexity index is 212. The standard InChI is InChI=1S/C17H30/c1-17-15-13-11-9-7-5-3-2-4-6-8-10-12-14-16-17/h2-3H,1,4-16H2/b3-2+. The zero-order valence-corrected chi connectivity index (χ0v) is 11.6. The molecule has 0 aromatic carbocycles. The lowest BCUT2D eigenvalue weighted by Crippen LogP contribution is -1.86. The van der Waals surface area contributed by atoms with E-state index in [1.54, 1.807) is 0 Å². The number of allylic oxidation sites excluding steroid dienone is 3. The Morgan fingerprint density at radius 2 is 1.00 bits per heavy atom. The van der Waals surface area contributed by atoms with E-state index in [2.05, 4.69) is 18.7 Å². The van der Waals surface area contributed by atoms with Gasteiger partial charge in [0.1, 0.15) is 0 Å². The minimum absolute atomic E-state index is 1.27. The Kier molecular flexibility index (Phi) is 9.09. The fraction of sp³-hybridized carbons (Fsp3) is 0.765. The highest BCUT2D eigenvalue weighted by atomic mass is 14.0. The first-order valence-corrected chi connectivity index (χ1v) is 7.71. The van der Waals surface area contributed by atoms with Crippen molar-refractivity contribution in [3.63, 3.8) is 0 Å². The molecule has 0 spiro atoms. The van der Waals surface area contributed by atoms with Gasteiger partial charge in [-0.2, -0.15) is 0 Å². The minimum atomic E-state index is 1.27. The van der Waals surface area contributed by atoms with E-state index in [1.807, 2.05) is 0 Å². The number of hydrogen-bond donors (Lipinski definition) is 0. The molecule has 0 amide bonds. The Morgan fingerprint density at radius 3 is 1.53 bits per heavy atom. The van der Waals surface area contributed by atoms with Gasteiger partial charge in [-0.25, -0.2) is 0 Å². The predicted octanol–water partition coefficient (Wildman–Crippen LogP) is 6.18. The average Bonchev–Trinajstić information content (AvgIpc) is 2.32. The molecule has 0 heteroatoms. The van der Waals surface area contributed by atoms with E-state index in [9.17, 15) is 0 Å². The molecule has 0 atom stereocenters. The monoisotopic (exact) mass is 234 g/mol. The van der Waals surface area contributed by atoms with Crippen molar-refractivity contribution in [3.05, 3.63) is 24.3 Å². The molecule has 0 N–H and O–H groups in total. The van der Waals surface area contributed by atoms with E-state index in [-0.39, 0.29) is 0 Å². The van der Waals surface area contributed by atoms with Crippen molar-refractivity contribution in [2.45, 2.75) is 83.5 Å². The van der Waals surface area contributed by atoms with Crippen LogP contribution in [0.2, 0.25) is 0 Å². The summed E-state index contributed by atoms with van der Waals surface area (Å²) in [4.78, 5) is 0. The zero-order chi connectivity index (χ0) is 12.2. The summed E-state index contributed by atoms with van der Waals surface area (Å²) in [6.07, 6.45) is 22.5. The topological polar surface area (TPSA) is 0 Å². The van der Waals surface area contributed by atoms with Crippen molar-refractivity contribution in [2.24, 2.45) is 0 Å². The van der Waals surface area contributed by atoms with Gasteiger partial charge in [0.2, 0.25) is 0 Å². The van der Waals surface area contributed by atoms with Crippen molar-refractivity contribution in [2.75, 3.05) is 0 Å². The van der Waals surface area contributed by atoms with Crippen molar-refractivity contribution in [1.82, 2.24) is 0 Å². The quantitative estimate of drug-likeness (QED) is 0.439. The largest absolute Gasteiger partial charge is 0.0999 e. The maximum Gasteiger partial charge on any atom is -0.0323 e. The second kappa shape index (κ2) is 10.6. The van der Waals surface area contributed by atoms with Crippen LogP contribution in [0.15, 0.2) is 24.3 Å². The van der Waals surface area contributed by atoms with Crippen LogP contribution in [-0.2, 0) is 0 Å². The van der Waals surface area contributed by atoms with Gasteiger partial charge < -0.3 is 0 Å². The van der Waals surface area contributed by atoms with Crippen LogP contribution in [0.1, 0.15) is 83.5 Å². The van der Waals surface area contributed by atoms with Crippen LogP contribution in [0, 0.1) is 0 Å². The molecule has 0 fully saturated rings. The third-order valence-electron chi connectivity index (χ3n) is 3.72. The molecule has 0 saturated carbocycles. The van der Waals surface area contributed by atoms with E-state index in [0.717, 1.165) is 0 Å². The van der Waals surface area contributed by atoms with Gasteiger partial charge >= 0.3 is 0 Å². The summed E-state index contributed by atoms with van der Waals surface area (Å²) >= 11 is 0. The van der Waals surface area contributed by atoms with Crippen molar-refractivity contribution >= 4 is 0 Å². The molecular weight excluding hydrogens is 204 g/mol. The van der Waals surface area contributed by atoms with Gasteiger partial charge in [-0.15, -0.1) is 0 Å². The smallest absolute Gasteiger partial charge is 0.0323 e. The summed E-state index contributed by atoms with van der Waals surface area (Å²) in [5, 5.41) is 0. The van der Waals surface area contributed by atoms with Crippen LogP contribution in [0.5, 0.6) is 0 Å². The van der Waals surface area contributed by atoms with Crippen LogP contribution >= 0.6 is 0 Å².